The molecule has 0 aromatic heterocycles. The van der Waals surface area contributed by atoms with Crippen LogP contribution in [0.3, 0.4) is 0 Å². The highest BCUT2D eigenvalue weighted by Crippen LogP contribution is 2.25. The summed E-state index contributed by atoms with van der Waals surface area (Å²) in [5.74, 6) is -0.612. The van der Waals surface area contributed by atoms with Crippen molar-refractivity contribution in [2.24, 2.45) is 0 Å². The fourth-order valence-corrected chi connectivity index (χ4v) is 4.61. The number of benzene rings is 3. The molecule has 8 nitrogen and oxygen atoms in total. The molecule has 3 aromatic rings. The Bertz CT molecular complexity index is 1320. The molecule has 0 spiro atoms. The second kappa shape index (κ2) is 15.1. The number of amides is 3. The van der Waals surface area contributed by atoms with Crippen LogP contribution < -0.4 is 10.6 Å². The summed E-state index contributed by atoms with van der Waals surface area (Å²) in [5, 5.41) is 15.5. The quantitative estimate of drug-likeness (QED) is 0.253. The van der Waals surface area contributed by atoms with E-state index in [2.05, 4.69) is 10.6 Å². The summed E-state index contributed by atoms with van der Waals surface area (Å²) < 4.78 is 5.49. The number of phenolic OH excluding ortho intramolecular Hbond substituents is 1. The maximum Gasteiger partial charge on any atom is 0.408 e. The van der Waals surface area contributed by atoms with Crippen molar-refractivity contribution in [2.75, 3.05) is 6.54 Å². The Morgan fingerprint density at radius 2 is 1.62 bits per heavy atom. The van der Waals surface area contributed by atoms with Crippen LogP contribution >= 0.6 is 0 Å². The smallest absolute Gasteiger partial charge is 0.408 e. The summed E-state index contributed by atoms with van der Waals surface area (Å²) in [7, 11) is 0. The predicted molar refractivity (Wildman–Crippen MR) is 164 cm³/mol. The SMILES string of the molecule is CCCCN(C(=O)C(Cc1ccc(O)cc1)NC(=O)OC(C)(C)C)C(C(=O)NCc1ccccc1)c1cccc(C)c1. The van der Waals surface area contributed by atoms with Crippen LogP contribution in [0.25, 0.3) is 0 Å². The Labute approximate surface area is 249 Å². The van der Waals surface area contributed by atoms with Gasteiger partial charge in [0.05, 0.1) is 0 Å². The van der Waals surface area contributed by atoms with E-state index in [0.29, 0.717) is 25.1 Å². The Morgan fingerprint density at radius 3 is 2.24 bits per heavy atom. The molecule has 0 saturated heterocycles. The molecule has 0 radical (unpaired) electrons. The van der Waals surface area contributed by atoms with Crippen LogP contribution in [0.4, 0.5) is 4.79 Å². The van der Waals surface area contributed by atoms with E-state index in [1.807, 2.05) is 68.4 Å². The number of nitrogens with one attached hydrogen (secondary N) is 2. The molecule has 2 atom stereocenters. The fourth-order valence-electron chi connectivity index (χ4n) is 4.61. The molecule has 0 aliphatic heterocycles. The average molecular weight is 574 g/mol. The second-order valence-electron chi connectivity index (χ2n) is 11.5. The first-order valence-corrected chi connectivity index (χ1v) is 14.4. The van der Waals surface area contributed by atoms with E-state index in [9.17, 15) is 19.5 Å². The maximum absolute atomic E-state index is 14.4. The molecule has 2 unspecified atom stereocenters. The fraction of sp³-hybridized carbons (Fsp3) is 0.382. The summed E-state index contributed by atoms with van der Waals surface area (Å²) in [4.78, 5) is 42.8. The number of nitrogens with zero attached hydrogens (tertiary/aromatic N) is 1. The van der Waals surface area contributed by atoms with Gasteiger partial charge in [-0.3, -0.25) is 9.59 Å². The minimum atomic E-state index is -1.02. The first-order valence-electron chi connectivity index (χ1n) is 14.4. The molecule has 0 saturated carbocycles. The number of carbonyl (C=O) groups excluding carboxylic acids is 3. The standard InChI is InChI=1S/C34H43N3O5/c1-6-7-20-37(30(27-15-11-12-24(2)21-27)31(39)35-23-26-13-9-8-10-14-26)32(40)29(36-33(41)42-34(3,4)5)22-25-16-18-28(38)19-17-25/h8-19,21,29-30,38H,6-7,20,22-23H2,1-5H3,(H,35,39)(H,36,41). The summed E-state index contributed by atoms with van der Waals surface area (Å²) in [6.45, 7) is 9.84. The molecular weight excluding hydrogens is 530 g/mol. The van der Waals surface area contributed by atoms with E-state index in [-0.39, 0.29) is 18.1 Å². The van der Waals surface area contributed by atoms with Gasteiger partial charge >= 0.3 is 6.09 Å². The molecule has 3 N–H and O–H groups in total. The van der Waals surface area contributed by atoms with E-state index in [1.165, 1.54) is 12.1 Å². The minimum absolute atomic E-state index is 0.0981. The van der Waals surface area contributed by atoms with Crippen molar-refractivity contribution in [1.82, 2.24) is 15.5 Å². The highest BCUT2D eigenvalue weighted by atomic mass is 16.6. The number of phenols is 1. The van der Waals surface area contributed by atoms with E-state index in [4.69, 9.17) is 4.74 Å². The minimum Gasteiger partial charge on any atom is -0.508 e. The Balaban J connectivity index is 2.01. The average Bonchev–Trinajstić information content (AvgIpc) is 2.94. The molecule has 3 rings (SSSR count). The van der Waals surface area contributed by atoms with Gasteiger partial charge in [0, 0.05) is 19.5 Å². The van der Waals surface area contributed by atoms with E-state index in [1.54, 1.807) is 37.8 Å². The number of hydrogen-bond acceptors (Lipinski definition) is 5. The van der Waals surface area contributed by atoms with Crippen molar-refractivity contribution in [1.29, 1.82) is 0 Å². The molecule has 0 fully saturated rings. The van der Waals surface area contributed by atoms with Crippen LogP contribution in [0.1, 0.15) is 68.8 Å². The van der Waals surface area contributed by atoms with Gasteiger partial charge < -0.3 is 25.4 Å². The largest absolute Gasteiger partial charge is 0.508 e. The third-order valence-electron chi connectivity index (χ3n) is 6.63. The number of rotatable bonds is 12. The van der Waals surface area contributed by atoms with E-state index >= 15 is 0 Å². The number of hydrogen-bond donors (Lipinski definition) is 3. The van der Waals surface area contributed by atoms with Gasteiger partial charge in [0.15, 0.2) is 0 Å². The van der Waals surface area contributed by atoms with Crippen LogP contribution in [0, 0.1) is 6.92 Å². The van der Waals surface area contributed by atoms with Gasteiger partial charge in [-0.15, -0.1) is 0 Å². The molecular formula is C34H43N3O5. The molecule has 0 aliphatic carbocycles. The van der Waals surface area contributed by atoms with E-state index in [0.717, 1.165) is 23.1 Å². The van der Waals surface area contributed by atoms with Crippen LogP contribution in [0.2, 0.25) is 0 Å². The maximum atomic E-state index is 14.4. The summed E-state index contributed by atoms with van der Waals surface area (Å²) in [5.41, 5.74) is 2.56. The van der Waals surface area contributed by atoms with Gasteiger partial charge in [-0.25, -0.2) is 4.79 Å². The van der Waals surface area contributed by atoms with Crippen molar-refractivity contribution in [3.05, 3.63) is 101 Å². The second-order valence-corrected chi connectivity index (χ2v) is 11.5. The number of aryl methyl sites for hydroxylation is 1. The zero-order chi connectivity index (χ0) is 30.7. The molecule has 42 heavy (non-hydrogen) atoms. The number of alkyl carbamates (subject to hydrolysis) is 1. The summed E-state index contributed by atoms with van der Waals surface area (Å²) >= 11 is 0. The van der Waals surface area contributed by atoms with Crippen molar-refractivity contribution < 1.29 is 24.2 Å². The Hall–Kier alpha value is -4.33. The Kier molecular flexibility index (Phi) is 11.5. The lowest BCUT2D eigenvalue weighted by atomic mass is 9.98. The predicted octanol–water partition coefficient (Wildman–Crippen LogP) is 5.82. The normalized spacial score (nSPS) is 12.6. The molecule has 3 amide bonds. The third-order valence-corrected chi connectivity index (χ3v) is 6.63. The van der Waals surface area contributed by atoms with Crippen LogP contribution in [-0.4, -0.2) is 46.1 Å². The topological polar surface area (TPSA) is 108 Å². The number of carbonyl (C=O) groups is 3. The van der Waals surface area contributed by atoms with Gasteiger partial charge in [-0.05, 0) is 62.9 Å². The van der Waals surface area contributed by atoms with Gasteiger partial charge in [0.25, 0.3) is 0 Å². The van der Waals surface area contributed by atoms with Gasteiger partial charge in [0.2, 0.25) is 11.8 Å². The number of aromatic hydroxyl groups is 1. The first-order chi connectivity index (χ1) is 20.0. The number of unbranched alkanes of at least 4 members (excludes halogenated alkanes) is 1. The highest BCUT2D eigenvalue weighted by Gasteiger charge is 2.36. The molecule has 0 heterocycles. The Morgan fingerprint density at radius 1 is 0.929 bits per heavy atom. The molecule has 224 valence electrons. The lowest BCUT2D eigenvalue weighted by molar-refractivity contribution is -0.142. The lowest BCUT2D eigenvalue weighted by Gasteiger charge is -2.35. The van der Waals surface area contributed by atoms with Gasteiger partial charge in [-0.2, -0.15) is 0 Å². The van der Waals surface area contributed by atoms with Crippen molar-refractivity contribution in [3.8, 4) is 5.75 Å². The van der Waals surface area contributed by atoms with Crippen molar-refractivity contribution in [2.45, 2.75) is 78.1 Å². The molecule has 3 aromatic carbocycles. The number of ether oxygens (including phenoxy) is 1. The zero-order valence-corrected chi connectivity index (χ0v) is 25.2. The van der Waals surface area contributed by atoms with Gasteiger partial charge in [-0.1, -0.05) is 85.6 Å². The summed E-state index contributed by atoms with van der Waals surface area (Å²) in [6.07, 6.45) is 0.888. The van der Waals surface area contributed by atoms with Crippen LogP contribution in [0.15, 0.2) is 78.9 Å². The zero-order valence-electron chi connectivity index (χ0n) is 25.2. The molecule has 0 bridgehead atoms. The van der Waals surface area contributed by atoms with Crippen LogP contribution in [0.5, 0.6) is 5.75 Å². The van der Waals surface area contributed by atoms with E-state index < -0.39 is 29.7 Å². The molecule has 0 aliphatic rings. The third kappa shape index (κ3) is 9.94. The lowest BCUT2D eigenvalue weighted by Crippen LogP contribution is -2.54. The molecule has 8 heteroatoms. The van der Waals surface area contributed by atoms with Crippen molar-refractivity contribution in [3.63, 3.8) is 0 Å². The summed E-state index contributed by atoms with van der Waals surface area (Å²) in [6, 6.07) is 21.7. The highest BCUT2D eigenvalue weighted by molar-refractivity contribution is 5.92. The van der Waals surface area contributed by atoms with Crippen LogP contribution in [-0.2, 0) is 27.3 Å². The van der Waals surface area contributed by atoms with Gasteiger partial charge in [0.1, 0.15) is 23.4 Å². The monoisotopic (exact) mass is 573 g/mol. The first kappa shape index (κ1) is 32.2. The van der Waals surface area contributed by atoms with Crippen molar-refractivity contribution >= 4 is 17.9 Å².